The Morgan fingerprint density at radius 2 is 1.27 bits per heavy atom. The predicted octanol–water partition coefficient (Wildman–Crippen LogP) is 2.43. The zero-order valence-corrected chi connectivity index (χ0v) is 16.0. The van der Waals surface area contributed by atoms with E-state index in [-0.39, 0.29) is 0 Å². The molecule has 0 aromatic rings. The molecule has 2 heterocycles. The van der Waals surface area contributed by atoms with E-state index in [0.29, 0.717) is 12.1 Å². The minimum absolute atomic E-state index is 0.687. The maximum atomic E-state index is 3.64. The average Bonchev–Trinajstić information content (AvgIpc) is 3.17. The van der Waals surface area contributed by atoms with Gasteiger partial charge in [0.05, 0.1) is 0 Å². The number of nitrogens with one attached hydrogen (secondary N) is 2. The second-order valence-electron chi connectivity index (χ2n) is 6.55. The van der Waals surface area contributed by atoms with Crippen LogP contribution in [0.3, 0.4) is 0 Å². The van der Waals surface area contributed by atoms with E-state index < -0.39 is 0 Å². The quantitative estimate of drug-likeness (QED) is 0.441. The molecule has 0 aliphatic carbocycles. The van der Waals surface area contributed by atoms with Crippen LogP contribution in [0.2, 0.25) is 0 Å². The van der Waals surface area contributed by atoms with Gasteiger partial charge in [-0.1, -0.05) is 48.3 Å². The molecule has 0 amide bonds. The Morgan fingerprint density at radius 1 is 0.818 bits per heavy atom. The molecule has 130 valence electrons. The van der Waals surface area contributed by atoms with Crippen LogP contribution in [-0.4, -0.2) is 72.9 Å². The summed E-state index contributed by atoms with van der Waals surface area (Å²) in [6.45, 7) is 11.7. The fourth-order valence-corrected chi connectivity index (χ4v) is 5.52. The highest BCUT2D eigenvalue weighted by Crippen LogP contribution is 2.25. The first-order valence-corrected chi connectivity index (χ1v) is 11.5. The van der Waals surface area contributed by atoms with Gasteiger partial charge in [-0.15, -0.1) is 0 Å². The van der Waals surface area contributed by atoms with Crippen LogP contribution in [0, 0.1) is 0 Å². The van der Waals surface area contributed by atoms with Crippen LogP contribution < -0.4 is 10.6 Å². The van der Waals surface area contributed by atoms with Crippen molar-refractivity contribution in [1.82, 2.24) is 20.4 Å². The lowest BCUT2D eigenvalue weighted by atomic mass is 10.3. The summed E-state index contributed by atoms with van der Waals surface area (Å²) in [5.74, 6) is 2.47. The van der Waals surface area contributed by atoms with Crippen molar-refractivity contribution in [3.8, 4) is 0 Å². The summed E-state index contributed by atoms with van der Waals surface area (Å²) < 4.78 is 0. The molecular formula is C16H34N4S2. The van der Waals surface area contributed by atoms with Gasteiger partial charge in [0, 0.05) is 50.0 Å². The van der Waals surface area contributed by atoms with Crippen molar-refractivity contribution in [2.45, 2.75) is 51.6 Å². The topological polar surface area (TPSA) is 30.5 Å². The number of nitrogens with zero attached hydrogens (tertiary/aromatic N) is 2. The number of rotatable bonds is 11. The summed E-state index contributed by atoms with van der Waals surface area (Å²) in [6, 6.07) is 1.37. The van der Waals surface area contributed by atoms with Crippen molar-refractivity contribution in [1.29, 1.82) is 0 Å². The summed E-state index contributed by atoms with van der Waals surface area (Å²) in [5.41, 5.74) is 0. The molecule has 2 rings (SSSR count). The molecule has 0 spiro atoms. The van der Waals surface area contributed by atoms with E-state index in [2.05, 4.69) is 55.9 Å². The normalized spacial score (nSPS) is 27.0. The predicted molar refractivity (Wildman–Crippen MR) is 101 cm³/mol. The Bertz CT molecular complexity index is 265. The molecule has 2 atom stereocenters. The third-order valence-electron chi connectivity index (χ3n) is 4.44. The molecule has 2 saturated heterocycles. The van der Waals surface area contributed by atoms with Gasteiger partial charge in [-0.3, -0.25) is 20.4 Å². The summed E-state index contributed by atoms with van der Waals surface area (Å²) in [7, 11) is 4.10. The molecule has 0 aromatic heterocycles. The van der Waals surface area contributed by atoms with Crippen molar-refractivity contribution < 1.29 is 0 Å². The summed E-state index contributed by atoms with van der Waals surface area (Å²) in [4.78, 5) is 5.12. The molecule has 6 heteroatoms. The van der Waals surface area contributed by atoms with E-state index >= 15 is 0 Å². The van der Waals surface area contributed by atoms with Crippen LogP contribution in [0.4, 0.5) is 0 Å². The van der Waals surface area contributed by atoms with Crippen molar-refractivity contribution in [2.75, 3.05) is 51.0 Å². The summed E-state index contributed by atoms with van der Waals surface area (Å²) >= 11 is 0. The third-order valence-corrected chi connectivity index (χ3v) is 7.00. The Hall–Kier alpha value is 0.540. The van der Waals surface area contributed by atoms with Crippen molar-refractivity contribution >= 4 is 21.6 Å². The molecule has 0 bridgehead atoms. The zero-order valence-electron chi connectivity index (χ0n) is 14.4. The van der Waals surface area contributed by atoms with E-state index in [1.165, 1.54) is 63.4 Å². The highest BCUT2D eigenvalue weighted by atomic mass is 33.1. The number of hydrogen-bond donors (Lipinski definition) is 2. The van der Waals surface area contributed by atoms with E-state index in [1.807, 2.05) is 0 Å². The van der Waals surface area contributed by atoms with E-state index in [1.54, 1.807) is 0 Å². The Balaban J connectivity index is 1.46. The highest BCUT2D eigenvalue weighted by Gasteiger charge is 2.23. The summed E-state index contributed by atoms with van der Waals surface area (Å²) in [5, 5.41) is 7.28. The van der Waals surface area contributed by atoms with Gasteiger partial charge in [0.1, 0.15) is 0 Å². The maximum absolute atomic E-state index is 3.64. The van der Waals surface area contributed by atoms with Gasteiger partial charge < -0.3 is 0 Å². The first kappa shape index (κ1) is 18.9. The van der Waals surface area contributed by atoms with Gasteiger partial charge in [0.2, 0.25) is 0 Å². The second kappa shape index (κ2) is 11.2. The Morgan fingerprint density at radius 3 is 1.68 bits per heavy atom. The third kappa shape index (κ3) is 6.97. The maximum Gasteiger partial charge on any atom is 0.0483 e. The molecule has 2 aliphatic rings. The molecule has 4 nitrogen and oxygen atoms in total. The molecule has 0 radical (unpaired) electrons. The van der Waals surface area contributed by atoms with E-state index in [9.17, 15) is 0 Å². The molecule has 22 heavy (non-hydrogen) atoms. The van der Waals surface area contributed by atoms with Gasteiger partial charge in [-0.2, -0.15) is 0 Å². The van der Waals surface area contributed by atoms with Crippen LogP contribution in [0.1, 0.15) is 39.5 Å². The Kier molecular flexibility index (Phi) is 9.57. The van der Waals surface area contributed by atoms with Crippen LogP contribution in [0.5, 0.6) is 0 Å². The van der Waals surface area contributed by atoms with Crippen LogP contribution in [-0.2, 0) is 0 Å². The molecule has 2 aliphatic heterocycles. The molecule has 0 unspecified atom stereocenters. The molecule has 2 N–H and O–H groups in total. The highest BCUT2D eigenvalue weighted by molar-refractivity contribution is 8.76. The first-order valence-electron chi connectivity index (χ1n) is 8.97. The molecular weight excluding hydrogens is 312 g/mol. The van der Waals surface area contributed by atoms with Gasteiger partial charge in [0.25, 0.3) is 0 Å². The number of unbranched alkanes of at least 4 members (excludes halogenated alkanes) is 2. The van der Waals surface area contributed by atoms with Crippen molar-refractivity contribution in [3.63, 3.8) is 0 Å². The van der Waals surface area contributed by atoms with E-state index in [4.69, 9.17) is 0 Å². The van der Waals surface area contributed by atoms with Crippen LogP contribution >= 0.6 is 21.6 Å². The first-order chi connectivity index (χ1) is 10.8. The SMILES string of the molecule is CCCCN1CN[C@@H](CSSC[C@H]2CN(CCCC)CN2)C1. The summed E-state index contributed by atoms with van der Waals surface area (Å²) in [6.07, 6.45) is 5.27. The zero-order chi connectivity index (χ0) is 15.6. The standard InChI is InChI=1S/C16H34N4S2/c1-3-5-7-19-9-15(17-13-19)11-21-22-12-16-10-20(14-18-16)8-6-4-2/h15-18H,3-14H2,1-2H3/t15-,16-/m1/s1. The fourth-order valence-electron chi connectivity index (χ4n) is 2.99. The second-order valence-corrected chi connectivity index (χ2v) is 9.10. The van der Waals surface area contributed by atoms with Gasteiger partial charge in [-0.25, -0.2) is 0 Å². The minimum atomic E-state index is 0.687. The molecule has 2 fully saturated rings. The fraction of sp³-hybridized carbons (Fsp3) is 1.00. The van der Waals surface area contributed by atoms with Crippen LogP contribution in [0.15, 0.2) is 0 Å². The van der Waals surface area contributed by atoms with Crippen molar-refractivity contribution in [2.24, 2.45) is 0 Å². The Labute approximate surface area is 144 Å². The lowest BCUT2D eigenvalue weighted by Crippen LogP contribution is -2.27. The van der Waals surface area contributed by atoms with Gasteiger partial charge in [-0.05, 0) is 25.9 Å². The monoisotopic (exact) mass is 346 g/mol. The number of hydrogen-bond acceptors (Lipinski definition) is 6. The minimum Gasteiger partial charge on any atom is -0.299 e. The lowest BCUT2D eigenvalue weighted by molar-refractivity contribution is 0.325. The molecule has 0 saturated carbocycles. The average molecular weight is 347 g/mol. The van der Waals surface area contributed by atoms with Gasteiger partial charge in [0.15, 0.2) is 0 Å². The van der Waals surface area contributed by atoms with E-state index in [0.717, 1.165) is 13.3 Å². The molecule has 0 aromatic carbocycles. The van der Waals surface area contributed by atoms with Crippen LogP contribution in [0.25, 0.3) is 0 Å². The largest absolute Gasteiger partial charge is 0.299 e. The van der Waals surface area contributed by atoms with Gasteiger partial charge >= 0.3 is 0 Å². The lowest BCUT2D eigenvalue weighted by Gasteiger charge is -2.14. The van der Waals surface area contributed by atoms with Crippen molar-refractivity contribution in [3.05, 3.63) is 0 Å². The smallest absolute Gasteiger partial charge is 0.0483 e.